The van der Waals surface area contributed by atoms with Crippen molar-refractivity contribution in [3.8, 4) is 5.75 Å². The number of nitrogens with one attached hydrogen (secondary N) is 1. The number of aryl methyl sites for hydroxylation is 2. The van der Waals surface area contributed by atoms with Gasteiger partial charge in [0.05, 0.1) is 7.11 Å². The van der Waals surface area contributed by atoms with E-state index in [1.165, 1.54) is 6.08 Å². The van der Waals surface area contributed by atoms with Crippen LogP contribution in [0.2, 0.25) is 0 Å². The Hall–Kier alpha value is -2.55. The Morgan fingerprint density at radius 2 is 1.90 bits per heavy atom. The summed E-state index contributed by atoms with van der Waals surface area (Å²) in [6, 6.07) is 13.6. The van der Waals surface area contributed by atoms with Gasteiger partial charge in [0.25, 0.3) is 0 Å². The minimum atomic E-state index is -0.158. The van der Waals surface area contributed by atoms with Gasteiger partial charge < -0.3 is 10.1 Å². The lowest BCUT2D eigenvalue weighted by molar-refractivity contribution is -0.111. The molecule has 0 bridgehead atoms. The van der Waals surface area contributed by atoms with Crippen LogP contribution in [0.15, 0.2) is 48.5 Å². The smallest absolute Gasteiger partial charge is 0.248 e. The molecule has 0 fully saturated rings. The molecule has 0 unspecified atom stereocenters. The Morgan fingerprint density at radius 3 is 2.67 bits per heavy atom. The molecular weight excluding hydrogens is 262 g/mol. The zero-order valence-corrected chi connectivity index (χ0v) is 12.5. The summed E-state index contributed by atoms with van der Waals surface area (Å²) < 4.78 is 5.25. The van der Waals surface area contributed by atoms with Crippen LogP contribution in [0.5, 0.6) is 5.75 Å². The average Bonchev–Trinajstić information content (AvgIpc) is 2.49. The molecule has 3 nitrogen and oxygen atoms in total. The molecular formula is C18H19NO2. The number of para-hydroxylation sites is 1. The van der Waals surface area contributed by atoms with Crippen molar-refractivity contribution in [3.63, 3.8) is 0 Å². The fourth-order valence-corrected chi connectivity index (χ4v) is 2.01. The third-order valence-electron chi connectivity index (χ3n) is 3.20. The molecule has 2 rings (SSSR count). The number of ether oxygens (including phenoxy) is 1. The highest BCUT2D eigenvalue weighted by atomic mass is 16.5. The monoisotopic (exact) mass is 281 g/mol. The zero-order chi connectivity index (χ0) is 15.2. The normalized spacial score (nSPS) is 10.6. The number of amides is 1. The molecule has 0 aliphatic rings. The van der Waals surface area contributed by atoms with Crippen LogP contribution in [0.3, 0.4) is 0 Å². The summed E-state index contributed by atoms with van der Waals surface area (Å²) in [4.78, 5) is 12.0. The van der Waals surface area contributed by atoms with E-state index >= 15 is 0 Å². The number of anilines is 1. The Kier molecular flexibility index (Phi) is 4.77. The van der Waals surface area contributed by atoms with E-state index in [9.17, 15) is 4.79 Å². The minimum Gasteiger partial charge on any atom is -0.496 e. The number of benzene rings is 2. The number of hydrogen-bond acceptors (Lipinski definition) is 2. The van der Waals surface area contributed by atoms with Gasteiger partial charge >= 0.3 is 0 Å². The Labute approximate surface area is 125 Å². The highest BCUT2D eigenvalue weighted by Gasteiger charge is 2.03. The first-order valence-electron chi connectivity index (χ1n) is 6.79. The summed E-state index contributed by atoms with van der Waals surface area (Å²) in [5.41, 5.74) is 3.87. The molecule has 108 valence electrons. The van der Waals surface area contributed by atoms with E-state index in [0.29, 0.717) is 0 Å². The van der Waals surface area contributed by atoms with Crippen molar-refractivity contribution in [1.29, 1.82) is 0 Å². The van der Waals surface area contributed by atoms with Crippen molar-refractivity contribution in [1.82, 2.24) is 0 Å². The number of carbonyl (C=O) groups is 1. The highest BCUT2D eigenvalue weighted by molar-refractivity contribution is 6.02. The first kappa shape index (κ1) is 14.9. The molecule has 0 spiro atoms. The number of methoxy groups -OCH3 is 1. The van der Waals surface area contributed by atoms with Gasteiger partial charge in [0.2, 0.25) is 5.91 Å². The molecule has 0 saturated carbocycles. The molecule has 0 aliphatic heterocycles. The third kappa shape index (κ3) is 3.96. The van der Waals surface area contributed by atoms with E-state index in [0.717, 1.165) is 28.1 Å². The fourth-order valence-electron chi connectivity index (χ4n) is 2.01. The molecule has 21 heavy (non-hydrogen) atoms. The van der Waals surface area contributed by atoms with Gasteiger partial charge in [-0.1, -0.05) is 30.3 Å². The van der Waals surface area contributed by atoms with Gasteiger partial charge in [-0.05, 0) is 43.2 Å². The second-order valence-electron chi connectivity index (χ2n) is 4.88. The molecule has 0 heterocycles. The maximum atomic E-state index is 12.0. The van der Waals surface area contributed by atoms with Crippen LogP contribution in [0, 0.1) is 13.8 Å². The van der Waals surface area contributed by atoms with E-state index in [-0.39, 0.29) is 5.91 Å². The highest BCUT2D eigenvalue weighted by Crippen LogP contribution is 2.19. The summed E-state index contributed by atoms with van der Waals surface area (Å²) >= 11 is 0. The molecule has 0 radical (unpaired) electrons. The summed E-state index contributed by atoms with van der Waals surface area (Å²) in [5, 5.41) is 2.89. The molecule has 0 saturated heterocycles. The van der Waals surface area contributed by atoms with Gasteiger partial charge in [-0.15, -0.1) is 0 Å². The quantitative estimate of drug-likeness (QED) is 0.861. The molecule has 0 aromatic heterocycles. The van der Waals surface area contributed by atoms with E-state index in [4.69, 9.17) is 4.74 Å². The lowest BCUT2D eigenvalue weighted by Gasteiger charge is -2.07. The second-order valence-corrected chi connectivity index (χ2v) is 4.88. The number of rotatable bonds is 4. The molecule has 3 heteroatoms. The van der Waals surface area contributed by atoms with Crippen LogP contribution in [0.4, 0.5) is 5.69 Å². The second kappa shape index (κ2) is 6.75. The van der Waals surface area contributed by atoms with Gasteiger partial charge in [0.1, 0.15) is 5.75 Å². The van der Waals surface area contributed by atoms with Crippen molar-refractivity contribution in [3.05, 3.63) is 65.2 Å². The molecule has 2 aromatic rings. The first-order valence-corrected chi connectivity index (χ1v) is 6.79. The van der Waals surface area contributed by atoms with Crippen LogP contribution in [0.25, 0.3) is 6.08 Å². The third-order valence-corrected chi connectivity index (χ3v) is 3.20. The van der Waals surface area contributed by atoms with E-state index < -0.39 is 0 Å². The molecule has 0 atom stereocenters. The molecule has 2 aromatic carbocycles. The van der Waals surface area contributed by atoms with Crippen LogP contribution in [-0.2, 0) is 4.79 Å². The molecule has 0 aliphatic carbocycles. The number of carbonyl (C=O) groups excluding carboxylic acids is 1. The predicted molar refractivity (Wildman–Crippen MR) is 86.6 cm³/mol. The van der Waals surface area contributed by atoms with Gasteiger partial charge in [0, 0.05) is 17.3 Å². The molecule has 1 N–H and O–H groups in total. The van der Waals surface area contributed by atoms with Crippen LogP contribution >= 0.6 is 0 Å². The van der Waals surface area contributed by atoms with Crippen molar-refractivity contribution in [2.75, 3.05) is 12.4 Å². The largest absolute Gasteiger partial charge is 0.496 e. The topological polar surface area (TPSA) is 38.3 Å². The zero-order valence-electron chi connectivity index (χ0n) is 12.5. The van der Waals surface area contributed by atoms with Crippen molar-refractivity contribution in [2.24, 2.45) is 0 Å². The van der Waals surface area contributed by atoms with E-state index in [2.05, 4.69) is 5.32 Å². The van der Waals surface area contributed by atoms with Crippen molar-refractivity contribution < 1.29 is 9.53 Å². The molecule has 1 amide bonds. The Morgan fingerprint density at radius 1 is 1.14 bits per heavy atom. The van der Waals surface area contributed by atoms with Crippen LogP contribution in [0.1, 0.15) is 16.7 Å². The maximum Gasteiger partial charge on any atom is 0.248 e. The Balaban J connectivity index is 2.11. The SMILES string of the molecule is COc1ccccc1C=CC(=O)Nc1cc(C)ccc1C. The van der Waals surface area contributed by atoms with Crippen molar-refractivity contribution >= 4 is 17.7 Å². The van der Waals surface area contributed by atoms with Gasteiger partial charge in [0.15, 0.2) is 0 Å². The predicted octanol–water partition coefficient (Wildman–Crippen LogP) is 3.96. The maximum absolute atomic E-state index is 12.0. The number of hydrogen-bond donors (Lipinski definition) is 1. The lowest BCUT2D eigenvalue weighted by Crippen LogP contribution is -2.09. The average molecular weight is 281 g/mol. The summed E-state index contributed by atoms with van der Waals surface area (Å²) in [6.07, 6.45) is 3.26. The van der Waals surface area contributed by atoms with Crippen molar-refractivity contribution in [2.45, 2.75) is 13.8 Å². The fraction of sp³-hybridized carbons (Fsp3) is 0.167. The first-order chi connectivity index (χ1) is 10.1. The van der Waals surface area contributed by atoms with Crippen LogP contribution in [-0.4, -0.2) is 13.0 Å². The standard InChI is InChI=1S/C18H19NO2/c1-13-8-9-14(2)16(12-13)19-18(20)11-10-15-6-4-5-7-17(15)21-3/h4-12H,1-3H3,(H,19,20). The van der Waals surface area contributed by atoms with Crippen LogP contribution < -0.4 is 10.1 Å². The van der Waals surface area contributed by atoms with E-state index in [1.807, 2.05) is 56.3 Å². The Bertz CT molecular complexity index is 675. The van der Waals surface area contributed by atoms with Gasteiger partial charge in [-0.25, -0.2) is 0 Å². The van der Waals surface area contributed by atoms with E-state index in [1.54, 1.807) is 13.2 Å². The summed E-state index contributed by atoms with van der Waals surface area (Å²) in [7, 11) is 1.61. The minimum absolute atomic E-state index is 0.158. The van der Waals surface area contributed by atoms with Gasteiger partial charge in [-0.3, -0.25) is 4.79 Å². The summed E-state index contributed by atoms with van der Waals surface area (Å²) in [6.45, 7) is 3.97. The lowest BCUT2D eigenvalue weighted by atomic mass is 10.1. The summed E-state index contributed by atoms with van der Waals surface area (Å²) in [5.74, 6) is 0.586. The van der Waals surface area contributed by atoms with Gasteiger partial charge in [-0.2, -0.15) is 0 Å².